The Hall–Kier alpha value is -0.940. The molecule has 19 heavy (non-hydrogen) atoms. The van der Waals surface area contributed by atoms with Gasteiger partial charge in [0.1, 0.15) is 5.02 Å². The van der Waals surface area contributed by atoms with Crippen LogP contribution in [-0.4, -0.2) is 21.7 Å². The van der Waals surface area contributed by atoms with E-state index in [-0.39, 0.29) is 23.0 Å². The third kappa shape index (κ3) is 3.34. The Morgan fingerprint density at radius 1 is 1.37 bits per heavy atom. The second-order valence-electron chi connectivity index (χ2n) is 6.17. The lowest BCUT2D eigenvalue weighted by Crippen LogP contribution is -2.37. The molecule has 1 rings (SSSR count). The molecule has 108 valence electrons. The van der Waals surface area contributed by atoms with Crippen molar-refractivity contribution in [2.75, 3.05) is 17.0 Å². The number of hydrogen-bond acceptors (Lipinski definition) is 3. The lowest BCUT2D eigenvalue weighted by Gasteiger charge is -2.20. The Morgan fingerprint density at radius 2 is 1.89 bits per heavy atom. The van der Waals surface area contributed by atoms with Gasteiger partial charge < -0.3 is 5.73 Å². The minimum atomic E-state index is -0.714. The molecule has 7 heteroatoms. The van der Waals surface area contributed by atoms with Crippen molar-refractivity contribution in [3.8, 4) is 0 Å². The summed E-state index contributed by atoms with van der Waals surface area (Å²) in [6, 6.07) is 0. The third-order valence-corrected chi connectivity index (χ3v) is 3.77. The van der Waals surface area contributed by atoms with Crippen LogP contribution >= 0.6 is 23.2 Å². The molecule has 0 aromatic carbocycles. The molecular weight excluding hydrogens is 287 g/mol. The molecule has 0 saturated heterocycles. The molecule has 3 N–H and O–H groups in total. The standard InChI is InChI=1S/C12H20Cl2N4O/c1-11(2,3)8-7(14)9(15)18(16-8)17-10(19)12(4,5)6-13/h6,15H2,1-5H3,(H,17,19). The number of nitrogens with zero attached hydrogens (tertiary/aromatic N) is 2. The highest BCUT2D eigenvalue weighted by Gasteiger charge is 2.30. The van der Waals surface area contributed by atoms with E-state index in [4.69, 9.17) is 28.9 Å². The number of nitrogen functional groups attached to an aromatic ring is 1. The quantitative estimate of drug-likeness (QED) is 0.843. The maximum atomic E-state index is 12.0. The molecule has 1 heterocycles. The molecule has 1 aromatic rings. The summed E-state index contributed by atoms with van der Waals surface area (Å²) in [6.07, 6.45) is 0. The molecule has 1 amide bonds. The Balaban J connectivity index is 3.08. The average Bonchev–Trinajstić information content (AvgIpc) is 2.56. The van der Waals surface area contributed by atoms with Crippen LogP contribution in [0.15, 0.2) is 0 Å². The molecule has 0 atom stereocenters. The van der Waals surface area contributed by atoms with Crippen molar-refractivity contribution >= 4 is 34.9 Å². The smallest absolute Gasteiger partial charge is 0.246 e. The second-order valence-corrected chi connectivity index (χ2v) is 6.81. The van der Waals surface area contributed by atoms with Gasteiger partial charge in [0.2, 0.25) is 5.91 Å². The molecule has 0 spiro atoms. The first-order chi connectivity index (χ1) is 8.50. The summed E-state index contributed by atoms with van der Waals surface area (Å²) in [6.45, 7) is 9.38. The van der Waals surface area contributed by atoms with Gasteiger partial charge in [0, 0.05) is 11.3 Å². The third-order valence-electron chi connectivity index (χ3n) is 2.73. The lowest BCUT2D eigenvalue weighted by atomic mass is 9.92. The molecule has 0 aliphatic heterocycles. The van der Waals surface area contributed by atoms with Gasteiger partial charge in [0.15, 0.2) is 5.82 Å². The summed E-state index contributed by atoms with van der Waals surface area (Å²) in [5, 5.41) is 4.61. The van der Waals surface area contributed by atoms with Gasteiger partial charge in [-0.15, -0.1) is 11.6 Å². The normalized spacial score (nSPS) is 12.6. The van der Waals surface area contributed by atoms with Crippen molar-refractivity contribution in [1.29, 1.82) is 0 Å². The summed E-state index contributed by atoms with van der Waals surface area (Å²) in [5.41, 5.74) is 8.12. The topological polar surface area (TPSA) is 72.9 Å². The number of halogens is 2. The predicted molar refractivity (Wildman–Crippen MR) is 79.2 cm³/mol. The number of alkyl halides is 1. The van der Waals surface area contributed by atoms with E-state index in [0.717, 1.165) is 0 Å². The number of amides is 1. The van der Waals surface area contributed by atoms with Crippen molar-refractivity contribution in [3.63, 3.8) is 0 Å². The van der Waals surface area contributed by atoms with Crippen LogP contribution in [0.1, 0.15) is 40.3 Å². The maximum Gasteiger partial charge on any atom is 0.246 e. The van der Waals surface area contributed by atoms with Crippen molar-refractivity contribution in [3.05, 3.63) is 10.7 Å². The van der Waals surface area contributed by atoms with Gasteiger partial charge in [-0.25, -0.2) is 5.43 Å². The van der Waals surface area contributed by atoms with Crippen LogP contribution in [0.3, 0.4) is 0 Å². The molecule has 0 fully saturated rings. The molecule has 0 unspecified atom stereocenters. The minimum Gasteiger partial charge on any atom is -0.381 e. The van der Waals surface area contributed by atoms with Gasteiger partial charge in [-0.1, -0.05) is 32.4 Å². The van der Waals surface area contributed by atoms with Crippen LogP contribution in [0.2, 0.25) is 5.02 Å². The number of nitrogens with two attached hydrogens (primary N) is 1. The molecule has 0 bridgehead atoms. The first-order valence-electron chi connectivity index (χ1n) is 5.92. The highest BCUT2D eigenvalue weighted by Crippen LogP contribution is 2.32. The molecule has 0 saturated carbocycles. The fourth-order valence-electron chi connectivity index (χ4n) is 1.28. The van der Waals surface area contributed by atoms with E-state index in [9.17, 15) is 4.79 Å². The van der Waals surface area contributed by atoms with Gasteiger partial charge in [-0.3, -0.25) is 4.79 Å². The first-order valence-corrected chi connectivity index (χ1v) is 6.84. The monoisotopic (exact) mass is 306 g/mol. The number of carbonyl (C=O) groups excluding carboxylic acids is 1. The second kappa shape index (κ2) is 5.21. The number of aromatic nitrogens is 2. The molecule has 0 radical (unpaired) electrons. The molecule has 1 aromatic heterocycles. The largest absolute Gasteiger partial charge is 0.381 e. The Bertz CT molecular complexity index is 489. The Morgan fingerprint density at radius 3 is 2.26 bits per heavy atom. The zero-order valence-corrected chi connectivity index (χ0v) is 13.4. The van der Waals surface area contributed by atoms with Crippen LogP contribution in [0.5, 0.6) is 0 Å². The van der Waals surface area contributed by atoms with E-state index in [0.29, 0.717) is 10.7 Å². The average molecular weight is 307 g/mol. The Labute approximate surface area is 123 Å². The summed E-state index contributed by atoms with van der Waals surface area (Å²) in [5.74, 6) is 0.138. The van der Waals surface area contributed by atoms with Gasteiger partial charge >= 0.3 is 0 Å². The summed E-state index contributed by atoms with van der Waals surface area (Å²) in [4.78, 5) is 13.2. The summed E-state index contributed by atoms with van der Waals surface area (Å²) in [7, 11) is 0. The SMILES string of the molecule is CC(C)(CCl)C(=O)Nn1nc(C(C)(C)C)c(Cl)c1N. The van der Waals surface area contributed by atoms with Gasteiger partial charge in [0.05, 0.1) is 11.1 Å². The Kier molecular flexibility index (Phi) is 4.42. The van der Waals surface area contributed by atoms with Gasteiger partial charge in [0.25, 0.3) is 0 Å². The fourth-order valence-corrected chi connectivity index (χ4v) is 1.81. The fraction of sp³-hybridized carbons (Fsp3) is 0.667. The van der Waals surface area contributed by atoms with Crippen molar-refractivity contribution < 1.29 is 4.79 Å². The van der Waals surface area contributed by atoms with Crippen LogP contribution in [-0.2, 0) is 10.2 Å². The van der Waals surface area contributed by atoms with Crippen molar-refractivity contribution in [1.82, 2.24) is 9.89 Å². The highest BCUT2D eigenvalue weighted by atomic mass is 35.5. The summed E-state index contributed by atoms with van der Waals surface area (Å²) < 4.78 is 0. The van der Waals surface area contributed by atoms with E-state index in [1.807, 2.05) is 20.8 Å². The first kappa shape index (κ1) is 16.1. The molecule has 0 aliphatic carbocycles. The van der Waals surface area contributed by atoms with E-state index >= 15 is 0 Å². The van der Waals surface area contributed by atoms with Gasteiger partial charge in [-0.05, 0) is 13.8 Å². The van der Waals surface area contributed by atoms with Crippen LogP contribution in [0.4, 0.5) is 5.82 Å². The zero-order valence-electron chi connectivity index (χ0n) is 11.8. The van der Waals surface area contributed by atoms with Gasteiger partial charge in [-0.2, -0.15) is 9.89 Å². The van der Waals surface area contributed by atoms with E-state index in [1.54, 1.807) is 13.8 Å². The van der Waals surface area contributed by atoms with E-state index < -0.39 is 5.41 Å². The number of nitrogens with one attached hydrogen (secondary N) is 1. The molecule has 0 aliphatic rings. The number of anilines is 1. The molecular formula is C12H20Cl2N4O. The number of rotatable bonds is 3. The van der Waals surface area contributed by atoms with E-state index in [2.05, 4.69) is 10.5 Å². The zero-order chi connectivity index (χ0) is 15.0. The number of carbonyl (C=O) groups is 1. The van der Waals surface area contributed by atoms with Crippen LogP contribution < -0.4 is 11.2 Å². The van der Waals surface area contributed by atoms with Crippen molar-refractivity contribution in [2.24, 2.45) is 5.41 Å². The van der Waals surface area contributed by atoms with E-state index in [1.165, 1.54) is 4.79 Å². The lowest BCUT2D eigenvalue weighted by molar-refractivity contribution is -0.124. The maximum absolute atomic E-state index is 12.0. The summed E-state index contributed by atoms with van der Waals surface area (Å²) >= 11 is 11.9. The van der Waals surface area contributed by atoms with Crippen LogP contribution in [0.25, 0.3) is 0 Å². The molecule has 5 nitrogen and oxygen atoms in total. The number of hydrogen-bond donors (Lipinski definition) is 2. The highest BCUT2D eigenvalue weighted by molar-refractivity contribution is 6.33. The van der Waals surface area contributed by atoms with Crippen molar-refractivity contribution in [2.45, 2.75) is 40.0 Å². The predicted octanol–water partition coefficient (Wildman–Crippen LogP) is 2.75. The minimum absolute atomic E-state index is 0.194. The van der Waals surface area contributed by atoms with Crippen LogP contribution in [0, 0.1) is 5.41 Å².